The topological polar surface area (TPSA) is 38.9 Å². The normalized spacial score (nSPS) is 12.5. The van der Waals surface area contributed by atoms with Gasteiger partial charge in [-0.1, -0.05) is 20.8 Å². The van der Waals surface area contributed by atoms with Crippen molar-refractivity contribution in [3.05, 3.63) is 15.6 Å². The zero-order valence-electron chi connectivity index (χ0n) is 10.4. The molecule has 0 fully saturated rings. The highest BCUT2D eigenvalue weighted by molar-refractivity contribution is 7.11. The maximum Gasteiger partial charge on any atom is 0.0934 e. The Morgan fingerprint density at radius 2 is 2.00 bits per heavy atom. The highest BCUT2D eigenvalue weighted by atomic mass is 32.1. The summed E-state index contributed by atoms with van der Waals surface area (Å²) >= 11 is 1.78. The molecule has 15 heavy (non-hydrogen) atoms. The summed E-state index contributed by atoms with van der Waals surface area (Å²) in [7, 11) is 0. The van der Waals surface area contributed by atoms with E-state index in [1.807, 2.05) is 0 Å². The molecular weight excluding hydrogens is 204 g/mol. The fourth-order valence-corrected chi connectivity index (χ4v) is 2.96. The zero-order chi connectivity index (χ0) is 11.6. The molecule has 0 bridgehead atoms. The highest BCUT2D eigenvalue weighted by Crippen LogP contribution is 2.29. The van der Waals surface area contributed by atoms with Gasteiger partial charge in [-0.3, -0.25) is 0 Å². The van der Waals surface area contributed by atoms with Crippen LogP contribution in [0.3, 0.4) is 0 Å². The van der Waals surface area contributed by atoms with Gasteiger partial charge in [0.1, 0.15) is 0 Å². The molecule has 0 saturated heterocycles. The SMILES string of the molecule is CCc1nc(CC(C)C)sc1C(C)(C)N. The Morgan fingerprint density at radius 1 is 1.40 bits per heavy atom. The Kier molecular flexibility index (Phi) is 3.90. The molecule has 3 heteroatoms. The third-order valence-electron chi connectivity index (χ3n) is 2.24. The van der Waals surface area contributed by atoms with E-state index >= 15 is 0 Å². The van der Waals surface area contributed by atoms with Crippen LogP contribution in [0.5, 0.6) is 0 Å². The number of aromatic nitrogens is 1. The monoisotopic (exact) mass is 226 g/mol. The van der Waals surface area contributed by atoms with Gasteiger partial charge in [0, 0.05) is 16.8 Å². The van der Waals surface area contributed by atoms with E-state index in [1.165, 1.54) is 15.6 Å². The second kappa shape index (κ2) is 4.62. The molecule has 0 radical (unpaired) electrons. The quantitative estimate of drug-likeness (QED) is 0.857. The van der Waals surface area contributed by atoms with Crippen molar-refractivity contribution >= 4 is 11.3 Å². The molecule has 1 aromatic heterocycles. The van der Waals surface area contributed by atoms with E-state index in [1.54, 1.807) is 11.3 Å². The minimum Gasteiger partial charge on any atom is -0.321 e. The zero-order valence-corrected chi connectivity index (χ0v) is 11.2. The molecule has 0 atom stereocenters. The number of thiazole rings is 1. The van der Waals surface area contributed by atoms with Gasteiger partial charge in [-0.25, -0.2) is 4.98 Å². The number of hydrogen-bond acceptors (Lipinski definition) is 3. The Labute approximate surface area is 96.9 Å². The summed E-state index contributed by atoms with van der Waals surface area (Å²) in [5.74, 6) is 0.662. The minimum atomic E-state index is -0.252. The largest absolute Gasteiger partial charge is 0.321 e. The highest BCUT2D eigenvalue weighted by Gasteiger charge is 2.22. The molecule has 1 aromatic rings. The number of hydrogen-bond donors (Lipinski definition) is 1. The molecular formula is C12H22N2S. The molecule has 1 rings (SSSR count). The lowest BCUT2D eigenvalue weighted by Gasteiger charge is -2.17. The van der Waals surface area contributed by atoms with Gasteiger partial charge in [-0.15, -0.1) is 11.3 Å². The van der Waals surface area contributed by atoms with Crippen molar-refractivity contribution in [2.75, 3.05) is 0 Å². The van der Waals surface area contributed by atoms with Gasteiger partial charge >= 0.3 is 0 Å². The summed E-state index contributed by atoms with van der Waals surface area (Å²) in [5.41, 5.74) is 7.08. The van der Waals surface area contributed by atoms with Crippen LogP contribution in [0.15, 0.2) is 0 Å². The lowest BCUT2D eigenvalue weighted by atomic mass is 10.0. The van der Waals surface area contributed by atoms with E-state index in [9.17, 15) is 0 Å². The molecule has 0 amide bonds. The smallest absolute Gasteiger partial charge is 0.0934 e. The van der Waals surface area contributed by atoms with E-state index < -0.39 is 0 Å². The molecule has 0 aliphatic heterocycles. The third-order valence-corrected chi connectivity index (χ3v) is 3.70. The molecule has 0 spiro atoms. The Hall–Kier alpha value is -0.410. The molecule has 86 valence electrons. The van der Waals surface area contributed by atoms with Crippen molar-refractivity contribution in [1.82, 2.24) is 4.98 Å². The fourth-order valence-electron chi connectivity index (χ4n) is 1.58. The van der Waals surface area contributed by atoms with E-state index in [0.29, 0.717) is 5.92 Å². The van der Waals surface area contributed by atoms with Crippen LogP contribution in [0.4, 0.5) is 0 Å². The van der Waals surface area contributed by atoms with E-state index in [4.69, 9.17) is 5.73 Å². The Morgan fingerprint density at radius 3 is 2.33 bits per heavy atom. The van der Waals surface area contributed by atoms with Crippen molar-refractivity contribution in [3.8, 4) is 0 Å². The molecule has 1 heterocycles. The molecule has 0 aliphatic carbocycles. The molecule has 2 N–H and O–H groups in total. The van der Waals surface area contributed by atoms with Gasteiger partial charge in [0.05, 0.1) is 10.7 Å². The van der Waals surface area contributed by atoms with Gasteiger partial charge in [-0.2, -0.15) is 0 Å². The van der Waals surface area contributed by atoms with Crippen molar-refractivity contribution in [2.45, 2.75) is 53.0 Å². The van der Waals surface area contributed by atoms with Crippen molar-refractivity contribution in [3.63, 3.8) is 0 Å². The van der Waals surface area contributed by atoms with Crippen molar-refractivity contribution < 1.29 is 0 Å². The van der Waals surface area contributed by atoms with Gasteiger partial charge < -0.3 is 5.73 Å². The first-order valence-corrected chi connectivity index (χ1v) is 6.44. The Bertz CT molecular complexity index is 321. The van der Waals surface area contributed by atoms with Gasteiger partial charge in [0.2, 0.25) is 0 Å². The summed E-state index contributed by atoms with van der Waals surface area (Å²) in [6.07, 6.45) is 2.04. The molecule has 0 aromatic carbocycles. The lowest BCUT2D eigenvalue weighted by Crippen LogP contribution is -2.28. The average molecular weight is 226 g/mol. The summed E-state index contributed by atoms with van der Waals surface area (Å²) in [6, 6.07) is 0. The summed E-state index contributed by atoms with van der Waals surface area (Å²) in [4.78, 5) is 5.92. The minimum absolute atomic E-state index is 0.252. The van der Waals surface area contributed by atoms with Crippen LogP contribution >= 0.6 is 11.3 Å². The van der Waals surface area contributed by atoms with E-state index in [2.05, 4.69) is 39.6 Å². The number of nitrogens with zero attached hydrogens (tertiary/aromatic N) is 1. The third kappa shape index (κ3) is 3.28. The Balaban J connectivity index is 3.01. The summed E-state index contributed by atoms with van der Waals surface area (Å²) in [5, 5.41) is 1.23. The molecule has 0 aliphatic rings. The lowest BCUT2D eigenvalue weighted by molar-refractivity contribution is 0.559. The summed E-state index contributed by atoms with van der Waals surface area (Å²) < 4.78 is 0. The number of rotatable bonds is 4. The van der Waals surface area contributed by atoms with Gasteiger partial charge in [0.25, 0.3) is 0 Å². The predicted molar refractivity (Wildman–Crippen MR) is 67.2 cm³/mol. The first-order chi connectivity index (χ1) is 6.84. The first-order valence-electron chi connectivity index (χ1n) is 5.62. The van der Waals surface area contributed by atoms with Crippen LogP contribution in [-0.2, 0) is 18.4 Å². The standard InChI is InChI=1S/C12H22N2S/c1-6-9-11(12(4,5)13)15-10(14-9)7-8(2)3/h8H,6-7,13H2,1-5H3. The van der Waals surface area contributed by atoms with Crippen LogP contribution in [0.25, 0.3) is 0 Å². The first kappa shape index (κ1) is 12.7. The van der Waals surface area contributed by atoms with E-state index in [-0.39, 0.29) is 5.54 Å². The van der Waals surface area contributed by atoms with Crippen molar-refractivity contribution in [1.29, 1.82) is 0 Å². The van der Waals surface area contributed by atoms with Crippen LogP contribution in [0, 0.1) is 5.92 Å². The van der Waals surface area contributed by atoms with E-state index in [0.717, 1.165) is 12.8 Å². The van der Waals surface area contributed by atoms with Crippen LogP contribution in [0.1, 0.15) is 50.2 Å². The average Bonchev–Trinajstić information content (AvgIpc) is 2.45. The number of nitrogens with two attached hydrogens (primary N) is 1. The second-order valence-corrected chi connectivity index (χ2v) is 6.14. The fraction of sp³-hybridized carbons (Fsp3) is 0.750. The maximum absolute atomic E-state index is 6.15. The van der Waals surface area contributed by atoms with Gasteiger partial charge in [0.15, 0.2) is 0 Å². The summed E-state index contributed by atoms with van der Waals surface area (Å²) in [6.45, 7) is 10.7. The molecule has 0 unspecified atom stereocenters. The molecule has 0 saturated carbocycles. The van der Waals surface area contributed by atoms with Gasteiger partial charge in [-0.05, 0) is 26.2 Å². The predicted octanol–water partition coefficient (Wildman–Crippen LogP) is 3.10. The van der Waals surface area contributed by atoms with Crippen LogP contribution < -0.4 is 5.73 Å². The van der Waals surface area contributed by atoms with Crippen LogP contribution in [0.2, 0.25) is 0 Å². The second-order valence-electron chi connectivity index (χ2n) is 5.06. The number of aryl methyl sites for hydroxylation is 1. The van der Waals surface area contributed by atoms with Crippen LogP contribution in [-0.4, -0.2) is 4.98 Å². The molecule has 2 nitrogen and oxygen atoms in total. The van der Waals surface area contributed by atoms with Crippen molar-refractivity contribution in [2.24, 2.45) is 11.7 Å². The maximum atomic E-state index is 6.15.